The summed E-state index contributed by atoms with van der Waals surface area (Å²) in [7, 11) is 0. The van der Waals surface area contributed by atoms with E-state index in [0.717, 1.165) is 12.1 Å². The minimum absolute atomic E-state index is 0.0951. The molecule has 1 atom stereocenters. The van der Waals surface area contributed by atoms with Crippen LogP contribution in [-0.4, -0.2) is 11.7 Å². The SMILES string of the molecule is CC(C#N)(CCO)c1ccc(C(F)(F)F)cc1N. The average Bonchev–Trinajstić information content (AvgIpc) is 2.27. The molecule has 0 aliphatic heterocycles. The van der Waals surface area contributed by atoms with Crippen LogP contribution in [-0.2, 0) is 11.6 Å². The van der Waals surface area contributed by atoms with Crippen LogP contribution in [0.25, 0.3) is 0 Å². The molecule has 0 saturated carbocycles. The van der Waals surface area contributed by atoms with Gasteiger partial charge in [0.15, 0.2) is 0 Å². The lowest BCUT2D eigenvalue weighted by molar-refractivity contribution is -0.137. The molecule has 0 radical (unpaired) electrons. The molecule has 0 heterocycles. The van der Waals surface area contributed by atoms with Crippen LogP contribution in [0.5, 0.6) is 0 Å². The number of halogens is 3. The highest BCUT2D eigenvalue weighted by atomic mass is 19.4. The Balaban J connectivity index is 3.25. The van der Waals surface area contributed by atoms with Crippen LogP contribution in [0.15, 0.2) is 18.2 Å². The fraction of sp³-hybridized carbons (Fsp3) is 0.417. The summed E-state index contributed by atoms with van der Waals surface area (Å²) in [6, 6.07) is 4.86. The molecule has 3 nitrogen and oxygen atoms in total. The Kier molecular flexibility index (Phi) is 3.87. The molecule has 1 unspecified atom stereocenters. The van der Waals surface area contributed by atoms with Crippen molar-refractivity contribution in [2.24, 2.45) is 0 Å². The average molecular weight is 258 g/mol. The molecule has 1 aromatic carbocycles. The topological polar surface area (TPSA) is 70.0 Å². The first-order valence-electron chi connectivity index (χ1n) is 5.24. The fourth-order valence-electron chi connectivity index (χ4n) is 1.72. The van der Waals surface area contributed by atoms with E-state index in [0.29, 0.717) is 5.56 Å². The second kappa shape index (κ2) is 4.86. The van der Waals surface area contributed by atoms with Gasteiger partial charge in [-0.05, 0) is 31.0 Å². The molecule has 0 saturated heterocycles. The number of nitrogen functional groups attached to an aromatic ring is 1. The Labute approximate surface area is 103 Å². The first kappa shape index (κ1) is 14.3. The number of hydrogen-bond donors (Lipinski definition) is 2. The Morgan fingerprint density at radius 2 is 2.00 bits per heavy atom. The third-order valence-electron chi connectivity index (χ3n) is 2.83. The summed E-state index contributed by atoms with van der Waals surface area (Å²) in [5, 5.41) is 18.0. The maximum absolute atomic E-state index is 12.5. The molecule has 1 rings (SSSR count). The summed E-state index contributed by atoms with van der Waals surface area (Å²) in [6.07, 6.45) is -4.36. The molecular formula is C12H13F3N2O. The van der Waals surface area contributed by atoms with E-state index >= 15 is 0 Å². The maximum Gasteiger partial charge on any atom is 0.416 e. The highest BCUT2D eigenvalue weighted by molar-refractivity contribution is 5.55. The lowest BCUT2D eigenvalue weighted by Crippen LogP contribution is -2.23. The normalized spacial score (nSPS) is 14.9. The number of nitrogens with two attached hydrogens (primary N) is 1. The number of benzene rings is 1. The van der Waals surface area contributed by atoms with Crippen LogP contribution in [0.1, 0.15) is 24.5 Å². The highest BCUT2D eigenvalue weighted by Crippen LogP contribution is 2.36. The molecule has 0 spiro atoms. The van der Waals surface area contributed by atoms with Crippen molar-refractivity contribution in [3.63, 3.8) is 0 Å². The molecule has 0 aliphatic rings. The molecule has 6 heteroatoms. The van der Waals surface area contributed by atoms with Gasteiger partial charge in [0.1, 0.15) is 0 Å². The molecule has 3 N–H and O–H groups in total. The summed E-state index contributed by atoms with van der Waals surface area (Å²) in [6.45, 7) is 1.28. The minimum atomic E-state index is -4.47. The zero-order chi connectivity index (χ0) is 14.0. The van der Waals surface area contributed by atoms with E-state index in [1.807, 2.05) is 6.07 Å². The minimum Gasteiger partial charge on any atom is -0.398 e. The third-order valence-corrected chi connectivity index (χ3v) is 2.83. The van der Waals surface area contributed by atoms with E-state index in [2.05, 4.69) is 0 Å². The van der Waals surface area contributed by atoms with Crippen LogP contribution in [0.3, 0.4) is 0 Å². The number of anilines is 1. The summed E-state index contributed by atoms with van der Waals surface area (Å²) < 4.78 is 37.4. The van der Waals surface area contributed by atoms with Gasteiger partial charge >= 0.3 is 6.18 Å². The fourth-order valence-corrected chi connectivity index (χ4v) is 1.72. The summed E-state index contributed by atoms with van der Waals surface area (Å²) in [4.78, 5) is 0. The van der Waals surface area contributed by atoms with Crippen molar-refractivity contribution in [3.8, 4) is 6.07 Å². The van der Waals surface area contributed by atoms with E-state index in [4.69, 9.17) is 16.1 Å². The van der Waals surface area contributed by atoms with Crippen LogP contribution < -0.4 is 5.73 Å². The predicted octanol–water partition coefficient (Wildman–Crippen LogP) is 2.45. The number of hydrogen-bond acceptors (Lipinski definition) is 3. The molecule has 0 amide bonds. The smallest absolute Gasteiger partial charge is 0.398 e. The Bertz CT molecular complexity index is 479. The molecule has 0 aromatic heterocycles. The third kappa shape index (κ3) is 2.74. The van der Waals surface area contributed by atoms with Crippen LogP contribution in [0, 0.1) is 11.3 Å². The van der Waals surface area contributed by atoms with Gasteiger partial charge in [0.2, 0.25) is 0 Å². The molecule has 0 fully saturated rings. The van der Waals surface area contributed by atoms with Crippen LogP contribution in [0.4, 0.5) is 18.9 Å². The molecule has 0 bridgehead atoms. The van der Waals surface area contributed by atoms with E-state index in [1.165, 1.54) is 13.0 Å². The van der Waals surface area contributed by atoms with E-state index < -0.39 is 17.2 Å². The van der Waals surface area contributed by atoms with Crippen molar-refractivity contribution >= 4 is 5.69 Å². The van der Waals surface area contributed by atoms with E-state index in [9.17, 15) is 13.2 Å². The van der Waals surface area contributed by atoms with Crippen molar-refractivity contribution in [1.82, 2.24) is 0 Å². The van der Waals surface area contributed by atoms with Crippen molar-refractivity contribution in [3.05, 3.63) is 29.3 Å². The first-order valence-corrected chi connectivity index (χ1v) is 5.24. The number of aliphatic hydroxyl groups is 1. The zero-order valence-electron chi connectivity index (χ0n) is 9.75. The zero-order valence-corrected chi connectivity index (χ0v) is 9.75. The molecule has 98 valence electrons. The Morgan fingerprint density at radius 1 is 1.39 bits per heavy atom. The van der Waals surface area contributed by atoms with Gasteiger partial charge in [0, 0.05) is 12.3 Å². The summed E-state index contributed by atoms with van der Waals surface area (Å²) >= 11 is 0. The van der Waals surface area contributed by atoms with Crippen molar-refractivity contribution in [2.45, 2.75) is 24.9 Å². The molecule has 0 aliphatic carbocycles. The number of aliphatic hydroxyl groups excluding tert-OH is 1. The maximum atomic E-state index is 12.5. The highest BCUT2D eigenvalue weighted by Gasteiger charge is 2.33. The van der Waals surface area contributed by atoms with Crippen molar-refractivity contribution in [1.29, 1.82) is 5.26 Å². The van der Waals surface area contributed by atoms with E-state index in [1.54, 1.807) is 0 Å². The lowest BCUT2D eigenvalue weighted by atomic mass is 9.80. The van der Waals surface area contributed by atoms with Gasteiger partial charge in [-0.2, -0.15) is 18.4 Å². The molecular weight excluding hydrogens is 245 g/mol. The van der Waals surface area contributed by atoms with Crippen LogP contribution >= 0.6 is 0 Å². The quantitative estimate of drug-likeness (QED) is 0.818. The molecule has 1 aromatic rings. The number of nitrogens with zero attached hydrogens (tertiary/aromatic N) is 1. The van der Waals surface area contributed by atoms with Crippen LogP contribution in [0.2, 0.25) is 0 Å². The summed E-state index contributed by atoms with van der Waals surface area (Å²) in [5.74, 6) is 0. The summed E-state index contributed by atoms with van der Waals surface area (Å²) in [5.41, 5.74) is 3.83. The largest absolute Gasteiger partial charge is 0.416 e. The van der Waals surface area contributed by atoms with Gasteiger partial charge < -0.3 is 10.8 Å². The van der Waals surface area contributed by atoms with Gasteiger partial charge in [0.25, 0.3) is 0 Å². The van der Waals surface area contributed by atoms with E-state index in [-0.39, 0.29) is 18.7 Å². The number of alkyl halides is 3. The predicted molar refractivity (Wildman–Crippen MR) is 60.5 cm³/mol. The van der Waals surface area contributed by atoms with Crippen molar-refractivity contribution in [2.75, 3.05) is 12.3 Å². The van der Waals surface area contributed by atoms with Gasteiger partial charge in [-0.3, -0.25) is 0 Å². The monoisotopic (exact) mass is 258 g/mol. The number of rotatable bonds is 3. The Morgan fingerprint density at radius 3 is 2.39 bits per heavy atom. The Hall–Kier alpha value is -1.74. The second-order valence-electron chi connectivity index (χ2n) is 4.22. The standard InChI is InChI=1S/C12H13F3N2O/c1-11(7-16,4-5-18)9-3-2-8(6-10(9)17)12(13,14)15/h2-3,6,18H,4-5,17H2,1H3. The second-order valence-corrected chi connectivity index (χ2v) is 4.22. The van der Waals surface area contributed by atoms with Gasteiger partial charge in [-0.15, -0.1) is 0 Å². The van der Waals surface area contributed by atoms with Gasteiger partial charge in [0.05, 0.1) is 17.0 Å². The number of nitriles is 1. The first-order chi connectivity index (χ1) is 8.24. The van der Waals surface area contributed by atoms with Gasteiger partial charge in [-0.25, -0.2) is 0 Å². The molecule has 18 heavy (non-hydrogen) atoms. The lowest BCUT2D eigenvalue weighted by Gasteiger charge is -2.23. The van der Waals surface area contributed by atoms with Gasteiger partial charge in [-0.1, -0.05) is 6.07 Å². The van der Waals surface area contributed by atoms with Crippen molar-refractivity contribution < 1.29 is 18.3 Å².